The minimum Gasteiger partial charge on any atom is -0.481 e. The van der Waals surface area contributed by atoms with Gasteiger partial charge in [-0.05, 0) is 30.9 Å². The standard InChI is InChI=1S/C20H22N6O/c1-27-19-6-9-21-20(24-19)25-10-7-14-8-11-26(17(14)13-25)18-12-22-15-4-2-3-5-16(15)23-18/h2-6,9,12,14,17H,7-8,10-11,13H2,1H3. The number of benzene rings is 1. The fourth-order valence-electron chi connectivity index (χ4n) is 4.29. The number of hydrogen-bond donors (Lipinski definition) is 0. The number of piperidine rings is 1. The van der Waals surface area contributed by atoms with Gasteiger partial charge in [0.2, 0.25) is 11.8 Å². The maximum absolute atomic E-state index is 5.26. The van der Waals surface area contributed by atoms with Crippen LogP contribution in [0, 0.1) is 5.92 Å². The van der Waals surface area contributed by atoms with Crippen molar-refractivity contribution in [2.75, 3.05) is 36.5 Å². The van der Waals surface area contributed by atoms with E-state index in [9.17, 15) is 0 Å². The van der Waals surface area contributed by atoms with Crippen molar-refractivity contribution in [2.45, 2.75) is 18.9 Å². The molecule has 2 unspecified atom stereocenters. The van der Waals surface area contributed by atoms with Gasteiger partial charge in [-0.3, -0.25) is 4.98 Å². The van der Waals surface area contributed by atoms with Crippen LogP contribution in [-0.4, -0.2) is 52.7 Å². The van der Waals surface area contributed by atoms with Crippen LogP contribution in [0.15, 0.2) is 42.7 Å². The number of methoxy groups -OCH3 is 1. The van der Waals surface area contributed by atoms with Gasteiger partial charge in [0.05, 0.1) is 30.4 Å². The normalized spacial score (nSPS) is 22.1. The van der Waals surface area contributed by atoms with Crippen molar-refractivity contribution < 1.29 is 4.74 Å². The topological polar surface area (TPSA) is 67.3 Å². The molecule has 2 saturated heterocycles. The van der Waals surface area contributed by atoms with Crippen molar-refractivity contribution in [1.82, 2.24) is 19.9 Å². The number of ether oxygens (including phenoxy) is 1. The minimum atomic E-state index is 0.406. The van der Waals surface area contributed by atoms with Gasteiger partial charge in [0.25, 0.3) is 0 Å². The molecule has 0 spiro atoms. The van der Waals surface area contributed by atoms with E-state index >= 15 is 0 Å². The molecule has 5 rings (SSSR count). The smallest absolute Gasteiger partial charge is 0.228 e. The summed E-state index contributed by atoms with van der Waals surface area (Å²) in [5.74, 6) is 2.99. The number of nitrogens with zero attached hydrogens (tertiary/aromatic N) is 6. The van der Waals surface area contributed by atoms with Crippen molar-refractivity contribution in [2.24, 2.45) is 5.92 Å². The third kappa shape index (κ3) is 2.93. The second-order valence-corrected chi connectivity index (χ2v) is 7.16. The van der Waals surface area contributed by atoms with E-state index in [0.717, 1.165) is 48.9 Å². The van der Waals surface area contributed by atoms with Crippen molar-refractivity contribution in [3.8, 4) is 5.88 Å². The first kappa shape index (κ1) is 16.2. The van der Waals surface area contributed by atoms with E-state index in [1.54, 1.807) is 19.4 Å². The van der Waals surface area contributed by atoms with E-state index in [4.69, 9.17) is 9.72 Å². The highest BCUT2D eigenvalue weighted by molar-refractivity contribution is 5.75. The zero-order chi connectivity index (χ0) is 18.2. The summed E-state index contributed by atoms with van der Waals surface area (Å²) < 4.78 is 5.26. The Hall–Kier alpha value is -2.96. The predicted molar refractivity (Wildman–Crippen MR) is 104 cm³/mol. The van der Waals surface area contributed by atoms with Gasteiger partial charge in [-0.1, -0.05) is 12.1 Å². The van der Waals surface area contributed by atoms with E-state index < -0.39 is 0 Å². The van der Waals surface area contributed by atoms with Gasteiger partial charge in [-0.2, -0.15) is 4.98 Å². The number of fused-ring (bicyclic) bond motifs is 2. The fraction of sp³-hybridized carbons (Fsp3) is 0.400. The van der Waals surface area contributed by atoms with Gasteiger partial charge >= 0.3 is 0 Å². The van der Waals surface area contributed by atoms with Crippen LogP contribution in [0.1, 0.15) is 12.8 Å². The molecule has 0 N–H and O–H groups in total. The average molecular weight is 362 g/mol. The van der Waals surface area contributed by atoms with Crippen LogP contribution in [0.4, 0.5) is 11.8 Å². The van der Waals surface area contributed by atoms with E-state index in [0.29, 0.717) is 17.8 Å². The maximum atomic E-state index is 5.26. The third-order valence-corrected chi connectivity index (χ3v) is 5.70. The van der Waals surface area contributed by atoms with Gasteiger partial charge in [0.15, 0.2) is 0 Å². The van der Waals surface area contributed by atoms with E-state index in [1.807, 2.05) is 30.5 Å². The van der Waals surface area contributed by atoms with Gasteiger partial charge in [-0.15, -0.1) is 0 Å². The lowest BCUT2D eigenvalue weighted by Crippen LogP contribution is -2.49. The predicted octanol–water partition coefficient (Wildman–Crippen LogP) is 2.53. The number of para-hydroxylation sites is 2. The Morgan fingerprint density at radius 3 is 2.74 bits per heavy atom. The highest BCUT2D eigenvalue weighted by Gasteiger charge is 2.39. The Bertz CT molecular complexity index is 964. The van der Waals surface area contributed by atoms with Crippen molar-refractivity contribution >= 4 is 22.8 Å². The molecule has 0 aliphatic carbocycles. The number of anilines is 2. The molecule has 2 aliphatic rings. The number of aromatic nitrogens is 4. The number of hydrogen-bond acceptors (Lipinski definition) is 7. The van der Waals surface area contributed by atoms with Gasteiger partial charge < -0.3 is 14.5 Å². The first-order valence-corrected chi connectivity index (χ1v) is 9.42. The second-order valence-electron chi connectivity index (χ2n) is 7.16. The summed E-state index contributed by atoms with van der Waals surface area (Å²) in [6, 6.07) is 10.2. The summed E-state index contributed by atoms with van der Waals surface area (Å²) in [6.07, 6.45) is 6.01. The molecule has 3 aromatic rings. The summed E-state index contributed by atoms with van der Waals surface area (Å²) in [6.45, 7) is 2.90. The third-order valence-electron chi connectivity index (χ3n) is 5.70. The lowest BCUT2D eigenvalue weighted by molar-refractivity contribution is 0.379. The van der Waals surface area contributed by atoms with Crippen LogP contribution < -0.4 is 14.5 Å². The van der Waals surface area contributed by atoms with E-state index in [-0.39, 0.29) is 0 Å². The molecule has 138 valence electrons. The summed E-state index contributed by atoms with van der Waals surface area (Å²) in [4.78, 5) is 23.1. The molecule has 7 heteroatoms. The summed E-state index contributed by atoms with van der Waals surface area (Å²) in [5.41, 5.74) is 1.88. The van der Waals surface area contributed by atoms with Crippen LogP contribution in [0.3, 0.4) is 0 Å². The van der Waals surface area contributed by atoms with Crippen LogP contribution >= 0.6 is 0 Å². The summed E-state index contributed by atoms with van der Waals surface area (Å²) in [5, 5.41) is 0. The average Bonchev–Trinajstić information content (AvgIpc) is 3.16. The van der Waals surface area contributed by atoms with Gasteiger partial charge in [0.1, 0.15) is 5.82 Å². The monoisotopic (exact) mass is 362 g/mol. The molecule has 1 aromatic carbocycles. The fourth-order valence-corrected chi connectivity index (χ4v) is 4.29. The Morgan fingerprint density at radius 2 is 1.85 bits per heavy atom. The quantitative estimate of drug-likeness (QED) is 0.709. The number of rotatable bonds is 3. The largest absolute Gasteiger partial charge is 0.481 e. The van der Waals surface area contributed by atoms with E-state index in [2.05, 4.69) is 24.8 Å². The van der Waals surface area contributed by atoms with Crippen molar-refractivity contribution in [3.05, 3.63) is 42.7 Å². The van der Waals surface area contributed by atoms with Crippen LogP contribution in [0.2, 0.25) is 0 Å². The van der Waals surface area contributed by atoms with Crippen LogP contribution in [0.25, 0.3) is 11.0 Å². The van der Waals surface area contributed by atoms with Crippen LogP contribution in [0.5, 0.6) is 5.88 Å². The molecule has 7 nitrogen and oxygen atoms in total. The Balaban J connectivity index is 1.42. The first-order valence-electron chi connectivity index (χ1n) is 9.42. The molecule has 0 bridgehead atoms. The van der Waals surface area contributed by atoms with E-state index in [1.165, 1.54) is 6.42 Å². The Labute approximate surface area is 158 Å². The molecule has 0 saturated carbocycles. The molecule has 27 heavy (non-hydrogen) atoms. The molecule has 2 fully saturated rings. The van der Waals surface area contributed by atoms with Gasteiger partial charge in [-0.25, -0.2) is 9.97 Å². The molecule has 2 atom stereocenters. The zero-order valence-corrected chi connectivity index (χ0v) is 15.3. The van der Waals surface area contributed by atoms with Crippen LogP contribution in [-0.2, 0) is 0 Å². The SMILES string of the molecule is COc1ccnc(N2CCC3CCN(c4cnc5ccccc5n4)C3C2)n1. The summed E-state index contributed by atoms with van der Waals surface area (Å²) >= 11 is 0. The first-order chi connectivity index (χ1) is 13.3. The van der Waals surface area contributed by atoms with Crippen molar-refractivity contribution in [3.63, 3.8) is 0 Å². The lowest BCUT2D eigenvalue weighted by Gasteiger charge is -2.38. The molecular formula is C20H22N6O. The lowest BCUT2D eigenvalue weighted by atomic mass is 9.92. The molecular weight excluding hydrogens is 340 g/mol. The van der Waals surface area contributed by atoms with Gasteiger partial charge in [0, 0.05) is 31.9 Å². The second kappa shape index (κ2) is 6.64. The molecule has 0 amide bonds. The summed E-state index contributed by atoms with van der Waals surface area (Å²) in [7, 11) is 1.63. The zero-order valence-electron chi connectivity index (χ0n) is 15.3. The molecule has 0 radical (unpaired) electrons. The molecule has 4 heterocycles. The maximum Gasteiger partial charge on any atom is 0.228 e. The minimum absolute atomic E-state index is 0.406. The molecule has 2 aromatic heterocycles. The Morgan fingerprint density at radius 1 is 1.00 bits per heavy atom. The molecule has 2 aliphatic heterocycles. The highest BCUT2D eigenvalue weighted by atomic mass is 16.5. The Kier molecular flexibility index (Phi) is 3.99. The highest BCUT2D eigenvalue weighted by Crippen LogP contribution is 2.35. The van der Waals surface area contributed by atoms with Crippen molar-refractivity contribution in [1.29, 1.82) is 0 Å².